The number of halogens is 2. The lowest BCUT2D eigenvalue weighted by Gasteiger charge is -2.35. The monoisotopic (exact) mass is 478 g/mol. The molecule has 1 unspecified atom stereocenters. The van der Waals surface area contributed by atoms with Gasteiger partial charge in [-0.3, -0.25) is 9.78 Å². The number of carbonyl (C=O) groups is 1. The lowest BCUT2D eigenvalue weighted by molar-refractivity contribution is -0.119. The van der Waals surface area contributed by atoms with Gasteiger partial charge in [-0.15, -0.1) is 0 Å². The molecule has 1 aromatic heterocycles. The Kier molecular flexibility index (Phi) is 5.06. The van der Waals surface area contributed by atoms with E-state index in [1.165, 1.54) is 16.7 Å². The molecular formula is C20H20Br2N2O2. The van der Waals surface area contributed by atoms with Crippen molar-refractivity contribution in [2.45, 2.75) is 31.6 Å². The van der Waals surface area contributed by atoms with Crippen LogP contribution in [0.25, 0.3) is 0 Å². The third-order valence-corrected chi connectivity index (χ3v) is 6.72. The van der Waals surface area contributed by atoms with Crippen LogP contribution in [0.3, 0.4) is 0 Å². The number of fused-ring (bicyclic) bond motifs is 2. The number of phenolic OH excluding ortho intramolecular Hbond substituents is 1. The molecule has 2 heterocycles. The molecule has 1 saturated heterocycles. The fourth-order valence-corrected chi connectivity index (χ4v) is 5.52. The van der Waals surface area contributed by atoms with E-state index < -0.39 is 0 Å². The van der Waals surface area contributed by atoms with Crippen molar-refractivity contribution in [2.75, 3.05) is 13.1 Å². The lowest BCUT2D eigenvalue weighted by Crippen LogP contribution is -2.35. The summed E-state index contributed by atoms with van der Waals surface area (Å²) >= 11 is 7.26. The van der Waals surface area contributed by atoms with Crippen molar-refractivity contribution in [3.8, 4) is 5.75 Å². The van der Waals surface area contributed by atoms with Gasteiger partial charge in [0.15, 0.2) is 0 Å². The number of nitrogens with zero attached hydrogens (tertiary/aromatic N) is 2. The van der Waals surface area contributed by atoms with Crippen molar-refractivity contribution in [1.29, 1.82) is 0 Å². The SMILES string of the molecule is O=CN1CCC(C2c3ncc(Br)cc3CCc3cc(O)cc(Br)c32)CC1. The third-order valence-electron chi connectivity index (χ3n) is 5.63. The van der Waals surface area contributed by atoms with Crippen LogP contribution in [0.4, 0.5) is 0 Å². The summed E-state index contributed by atoms with van der Waals surface area (Å²) in [4.78, 5) is 17.8. The van der Waals surface area contributed by atoms with E-state index in [2.05, 4.69) is 37.9 Å². The fourth-order valence-electron chi connectivity index (χ4n) is 4.41. The highest BCUT2D eigenvalue weighted by atomic mass is 79.9. The summed E-state index contributed by atoms with van der Waals surface area (Å²) in [7, 11) is 0. The first-order chi connectivity index (χ1) is 12.6. The van der Waals surface area contributed by atoms with Crippen LogP contribution in [-0.4, -0.2) is 34.5 Å². The summed E-state index contributed by atoms with van der Waals surface area (Å²) in [6, 6.07) is 5.86. The fraction of sp³-hybridized carbons (Fsp3) is 0.400. The largest absolute Gasteiger partial charge is 0.508 e. The summed E-state index contributed by atoms with van der Waals surface area (Å²) in [5.74, 6) is 0.904. The van der Waals surface area contributed by atoms with Gasteiger partial charge in [-0.05, 0) is 82.4 Å². The molecule has 0 saturated carbocycles. The Bertz CT molecular complexity index is 848. The summed E-state index contributed by atoms with van der Waals surface area (Å²) in [6.07, 6.45) is 6.56. The number of aryl methyl sites for hydroxylation is 2. The molecule has 4 rings (SSSR count). The number of rotatable bonds is 2. The molecule has 26 heavy (non-hydrogen) atoms. The Balaban J connectivity index is 1.84. The van der Waals surface area contributed by atoms with Gasteiger partial charge in [-0.1, -0.05) is 15.9 Å². The number of piperidine rings is 1. The zero-order valence-electron chi connectivity index (χ0n) is 14.3. The van der Waals surface area contributed by atoms with Crippen molar-refractivity contribution in [3.63, 3.8) is 0 Å². The van der Waals surface area contributed by atoms with Gasteiger partial charge < -0.3 is 10.0 Å². The number of aromatic nitrogens is 1. The lowest BCUT2D eigenvalue weighted by atomic mass is 9.76. The zero-order valence-corrected chi connectivity index (χ0v) is 17.5. The second-order valence-corrected chi connectivity index (χ2v) is 8.92. The summed E-state index contributed by atoms with van der Waals surface area (Å²) in [5, 5.41) is 10.1. The molecule has 2 aliphatic rings. The van der Waals surface area contributed by atoms with E-state index in [-0.39, 0.29) is 5.92 Å². The van der Waals surface area contributed by atoms with Crippen LogP contribution in [0.15, 0.2) is 33.3 Å². The van der Waals surface area contributed by atoms with E-state index in [1.807, 2.05) is 17.2 Å². The Labute approximate surface area is 169 Å². The van der Waals surface area contributed by atoms with Gasteiger partial charge in [-0.2, -0.15) is 0 Å². The van der Waals surface area contributed by atoms with E-state index in [9.17, 15) is 9.90 Å². The van der Waals surface area contributed by atoms with E-state index in [4.69, 9.17) is 4.98 Å². The third kappa shape index (κ3) is 3.29. The molecule has 2 aromatic rings. The van der Waals surface area contributed by atoms with Crippen LogP contribution < -0.4 is 0 Å². The number of hydrogen-bond donors (Lipinski definition) is 1. The van der Waals surface area contributed by atoms with Crippen LogP contribution in [0.5, 0.6) is 5.75 Å². The molecule has 1 aliphatic carbocycles. The minimum atomic E-state index is 0.180. The zero-order chi connectivity index (χ0) is 18.3. The minimum Gasteiger partial charge on any atom is -0.508 e. The average Bonchev–Trinajstić information content (AvgIpc) is 2.78. The molecule has 1 fully saturated rings. The van der Waals surface area contributed by atoms with Gasteiger partial charge in [0.05, 0.1) is 5.69 Å². The summed E-state index contributed by atoms with van der Waals surface area (Å²) in [6.45, 7) is 1.59. The second-order valence-electron chi connectivity index (χ2n) is 7.15. The van der Waals surface area contributed by atoms with Crippen LogP contribution in [-0.2, 0) is 17.6 Å². The standard InChI is InChI=1S/C20H20Br2N2O2/c21-15-7-14-2-1-13-8-16(26)9-17(22)18(13)19(20(14)23-10-15)12-3-5-24(11-25)6-4-12/h7-12,19,26H,1-6H2. The van der Waals surface area contributed by atoms with Gasteiger partial charge >= 0.3 is 0 Å². The maximum atomic E-state index is 11.1. The Morgan fingerprint density at radius 1 is 1.12 bits per heavy atom. The molecule has 1 atom stereocenters. The smallest absolute Gasteiger partial charge is 0.209 e. The van der Waals surface area contributed by atoms with Crippen molar-refractivity contribution in [3.05, 3.63) is 55.7 Å². The number of pyridine rings is 1. The van der Waals surface area contributed by atoms with Gasteiger partial charge in [0.2, 0.25) is 6.41 Å². The maximum Gasteiger partial charge on any atom is 0.209 e. The molecule has 0 bridgehead atoms. The maximum absolute atomic E-state index is 11.1. The second kappa shape index (κ2) is 7.31. The number of benzene rings is 1. The van der Waals surface area contributed by atoms with E-state index in [0.717, 1.165) is 59.8 Å². The molecular weight excluding hydrogens is 460 g/mol. The molecule has 1 amide bonds. The minimum absolute atomic E-state index is 0.180. The molecule has 136 valence electrons. The highest BCUT2D eigenvalue weighted by molar-refractivity contribution is 9.10. The van der Waals surface area contributed by atoms with E-state index in [0.29, 0.717) is 11.7 Å². The summed E-state index contributed by atoms with van der Waals surface area (Å²) in [5.41, 5.74) is 4.85. The first-order valence-corrected chi connectivity index (χ1v) is 10.5. The first kappa shape index (κ1) is 18.0. The van der Waals surface area contributed by atoms with Gasteiger partial charge in [-0.25, -0.2) is 0 Å². The van der Waals surface area contributed by atoms with Crippen LogP contribution >= 0.6 is 31.9 Å². The van der Waals surface area contributed by atoms with Crippen molar-refractivity contribution < 1.29 is 9.90 Å². The average molecular weight is 480 g/mol. The number of aromatic hydroxyl groups is 1. The van der Waals surface area contributed by atoms with E-state index in [1.54, 1.807) is 6.07 Å². The highest BCUT2D eigenvalue weighted by Crippen LogP contribution is 2.46. The van der Waals surface area contributed by atoms with E-state index >= 15 is 0 Å². The van der Waals surface area contributed by atoms with Gasteiger partial charge in [0.1, 0.15) is 5.75 Å². The molecule has 1 N–H and O–H groups in total. The van der Waals surface area contributed by atoms with Crippen molar-refractivity contribution in [1.82, 2.24) is 9.88 Å². The topological polar surface area (TPSA) is 53.4 Å². The number of likely N-dealkylation sites (tertiary alicyclic amines) is 1. The number of hydrogen-bond acceptors (Lipinski definition) is 3. The van der Waals surface area contributed by atoms with Gasteiger partial charge in [0, 0.05) is 34.1 Å². The molecule has 1 aromatic carbocycles. The highest BCUT2D eigenvalue weighted by Gasteiger charge is 2.35. The van der Waals surface area contributed by atoms with Crippen LogP contribution in [0.1, 0.15) is 41.1 Å². The predicted molar refractivity (Wildman–Crippen MR) is 107 cm³/mol. The summed E-state index contributed by atoms with van der Waals surface area (Å²) < 4.78 is 1.95. The molecule has 0 radical (unpaired) electrons. The van der Waals surface area contributed by atoms with Crippen LogP contribution in [0.2, 0.25) is 0 Å². The molecule has 0 spiro atoms. The quantitative estimate of drug-likeness (QED) is 0.649. The normalized spacial score (nSPS) is 20.2. The molecule has 1 aliphatic heterocycles. The van der Waals surface area contributed by atoms with Gasteiger partial charge in [0.25, 0.3) is 0 Å². The van der Waals surface area contributed by atoms with Crippen LogP contribution in [0, 0.1) is 5.92 Å². The Hall–Kier alpha value is -1.40. The number of phenols is 1. The van der Waals surface area contributed by atoms with Crippen molar-refractivity contribution >= 4 is 38.3 Å². The molecule has 4 nitrogen and oxygen atoms in total. The number of amides is 1. The Morgan fingerprint density at radius 2 is 1.85 bits per heavy atom. The number of carbonyl (C=O) groups excluding carboxylic acids is 1. The first-order valence-electron chi connectivity index (χ1n) is 8.91. The molecule has 6 heteroatoms. The van der Waals surface area contributed by atoms with Crippen molar-refractivity contribution in [2.24, 2.45) is 5.92 Å². The predicted octanol–water partition coefficient (Wildman–Crippen LogP) is 4.41. The Morgan fingerprint density at radius 3 is 2.58 bits per heavy atom.